The Hall–Kier alpha value is -1.15. The van der Waals surface area contributed by atoms with Crippen LogP contribution in [0, 0.1) is 17.8 Å². The molecule has 38 heavy (non-hydrogen) atoms. The van der Waals surface area contributed by atoms with E-state index < -0.39 is 32.7 Å². The predicted octanol–water partition coefficient (Wildman–Crippen LogP) is 8.51. The van der Waals surface area contributed by atoms with Crippen molar-refractivity contribution in [3.8, 4) is 0 Å². The zero-order valence-corrected chi connectivity index (χ0v) is 25.6. The molecule has 3 N–H and O–H groups in total. The maximum atomic E-state index is 12.4. The van der Waals surface area contributed by atoms with Gasteiger partial charge in [-0.3, -0.25) is 14.1 Å². The summed E-state index contributed by atoms with van der Waals surface area (Å²) >= 11 is 0. The van der Waals surface area contributed by atoms with Crippen molar-refractivity contribution >= 4 is 22.1 Å². The van der Waals surface area contributed by atoms with Crippen LogP contribution < -0.4 is 0 Å². The molecular weight excluding hydrogens is 504 g/mol. The molecule has 0 rings (SSSR count). The molecule has 0 amide bonds. The first-order chi connectivity index (χ1) is 17.9. The number of hydrogen-bond acceptors (Lipinski definition) is 4. The van der Waals surface area contributed by atoms with Crippen molar-refractivity contribution in [1.29, 1.82) is 0 Å². The van der Waals surface area contributed by atoms with Crippen molar-refractivity contribution in [1.82, 2.24) is 0 Å². The topological polar surface area (TPSA) is 129 Å². The number of carboxylic acids is 2. The van der Waals surface area contributed by atoms with Crippen LogP contribution in [0.15, 0.2) is 0 Å². The highest BCUT2D eigenvalue weighted by Crippen LogP contribution is 2.37. The van der Waals surface area contributed by atoms with Gasteiger partial charge in [-0.25, -0.2) is 0 Å². The van der Waals surface area contributed by atoms with E-state index in [-0.39, 0.29) is 19.3 Å². The van der Waals surface area contributed by atoms with Crippen LogP contribution in [-0.4, -0.2) is 39.9 Å². The molecule has 2 atom stereocenters. The van der Waals surface area contributed by atoms with Crippen LogP contribution in [-0.2, 0) is 19.7 Å². The molecule has 0 fully saturated rings. The van der Waals surface area contributed by atoms with Gasteiger partial charge in [-0.1, -0.05) is 143 Å². The molecule has 0 radical (unpaired) electrons. The molecule has 0 aliphatic carbocycles. The molecule has 0 saturated carbocycles. The number of carbonyl (C=O) groups is 2. The third-order valence-corrected chi connectivity index (χ3v) is 9.37. The van der Waals surface area contributed by atoms with Crippen LogP contribution in [0.1, 0.15) is 156 Å². The van der Waals surface area contributed by atoms with E-state index in [2.05, 4.69) is 27.7 Å². The first kappa shape index (κ1) is 36.8. The van der Waals surface area contributed by atoms with E-state index in [1.165, 1.54) is 44.9 Å². The highest BCUT2D eigenvalue weighted by molar-refractivity contribution is 7.88. The Morgan fingerprint density at radius 2 is 0.895 bits per heavy atom. The Morgan fingerprint density at radius 1 is 0.579 bits per heavy atom. The first-order valence-corrected chi connectivity index (χ1v) is 16.7. The zero-order chi connectivity index (χ0) is 29.0. The fourth-order valence-corrected chi connectivity index (χ4v) is 6.57. The molecule has 0 aromatic heterocycles. The minimum Gasteiger partial charge on any atom is -0.481 e. The van der Waals surface area contributed by atoms with Gasteiger partial charge in [0.2, 0.25) is 4.75 Å². The van der Waals surface area contributed by atoms with Crippen molar-refractivity contribution in [3.05, 3.63) is 0 Å². The van der Waals surface area contributed by atoms with Crippen molar-refractivity contribution < 1.29 is 32.8 Å². The summed E-state index contributed by atoms with van der Waals surface area (Å²) in [7, 11) is -5.13. The number of hydrogen-bond donors (Lipinski definition) is 3. The number of unbranched alkanes of at least 4 members (excludes halogenated alkanes) is 14. The highest BCUT2D eigenvalue weighted by atomic mass is 32.2. The highest BCUT2D eigenvalue weighted by Gasteiger charge is 2.58. The Balaban J connectivity index is 4.70. The average molecular weight is 563 g/mol. The van der Waals surface area contributed by atoms with Gasteiger partial charge < -0.3 is 10.2 Å². The molecule has 0 bridgehead atoms. The molecule has 0 spiro atoms. The molecule has 0 aromatic carbocycles. The Bertz CT molecular complexity index is 733. The van der Waals surface area contributed by atoms with Gasteiger partial charge >= 0.3 is 11.9 Å². The number of carboxylic acid groups (broad SMARTS) is 2. The van der Waals surface area contributed by atoms with Gasteiger partial charge in [-0.15, -0.1) is 0 Å². The summed E-state index contributed by atoms with van der Waals surface area (Å²) in [6.07, 6.45) is 17.1. The Kier molecular flexibility index (Phi) is 20.1. The molecule has 0 aliphatic heterocycles. The molecular formula is C30H58O7S. The number of rotatable bonds is 26. The minimum atomic E-state index is -5.13. The minimum absolute atomic E-state index is 0.0772. The lowest BCUT2D eigenvalue weighted by molar-refractivity contribution is -0.152. The summed E-state index contributed by atoms with van der Waals surface area (Å²) in [6, 6.07) is 0. The van der Waals surface area contributed by atoms with Gasteiger partial charge in [0, 0.05) is 0 Å². The van der Waals surface area contributed by atoms with Crippen molar-refractivity contribution in [2.45, 2.75) is 161 Å². The second-order valence-electron chi connectivity index (χ2n) is 12.1. The summed E-state index contributed by atoms with van der Waals surface area (Å²) in [5.74, 6) is -3.47. The van der Waals surface area contributed by atoms with E-state index in [9.17, 15) is 32.8 Å². The molecule has 0 aliphatic rings. The third-order valence-electron chi connectivity index (χ3n) is 7.79. The van der Waals surface area contributed by atoms with Crippen LogP contribution in [0.25, 0.3) is 0 Å². The zero-order valence-electron chi connectivity index (χ0n) is 24.8. The molecule has 8 heteroatoms. The summed E-state index contributed by atoms with van der Waals surface area (Å²) < 4.78 is 32.0. The summed E-state index contributed by atoms with van der Waals surface area (Å²) in [5, 5.41) is 19.7. The van der Waals surface area contributed by atoms with E-state index in [1.807, 2.05) is 0 Å². The lowest BCUT2D eigenvalue weighted by Gasteiger charge is -2.32. The van der Waals surface area contributed by atoms with Crippen LogP contribution in [0.3, 0.4) is 0 Å². The van der Waals surface area contributed by atoms with Crippen molar-refractivity contribution in [2.24, 2.45) is 17.8 Å². The van der Waals surface area contributed by atoms with Gasteiger partial charge in [0.05, 0.1) is 5.92 Å². The number of aliphatic carboxylic acids is 2. The van der Waals surface area contributed by atoms with Gasteiger partial charge in [0.15, 0.2) is 0 Å². The largest absolute Gasteiger partial charge is 0.481 e. The fourth-order valence-electron chi connectivity index (χ4n) is 5.37. The molecule has 226 valence electrons. The van der Waals surface area contributed by atoms with E-state index in [1.54, 1.807) is 0 Å². The van der Waals surface area contributed by atoms with Crippen LogP contribution >= 0.6 is 0 Å². The Labute approximate surface area is 233 Å². The van der Waals surface area contributed by atoms with Gasteiger partial charge in [-0.05, 0) is 24.7 Å². The van der Waals surface area contributed by atoms with Crippen LogP contribution in [0.5, 0.6) is 0 Å². The maximum Gasteiger partial charge on any atom is 0.328 e. The predicted molar refractivity (Wildman–Crippen MR) is 155 cm³/mol. The Morgan fingerprint density at radius 3 is 1.18 bits per heavy atom. The average Bonchev–Trinajstić information content (AvgIpc) is 2.80. The standard InChI is InChI=1S/C30H58O7S/c1-25(2)21-17-13-9-5-6-11-15-19-23-27(28(31)32)30(29(33)34,38(35,36)37)24-20-16-12-8-7-10-14-18-22-26(3)4/h25-27H,5-24H2,1-4H3,(H,31,32)(H,33,34)(H,35,36,37). The smallest absolute Gasteiger partial charge is 0.328 e. The second kappa shape index (κ2) is 20.7. The normalized spacial score (nSPS) is 14.6. The summed E-state index contributed by atoms with van der Waals surface area (Å²) in [6.45, 7) is 8.89. The van der Waals surface area contributed by atoms with Crippen molar-refractivity contribution in [3.63, 3.8) is 0 Å². The van der Waals surface area contributed by atoms with E-state index in [4.69, 9.17) is 0 Å². The lowest BCUT2D eigenvalue weighted by Crippen LogP contribution is -2.55. The second-order valence-corrected chi connectivity index (χ2v) is 13.8. The lowest BCUT2D eigenvalue weighted by atomic mass is 9.82. The quantitative estimate of drug-likeness (QED) is 0.0711. The van der Waals surface area contributed by atoms with E-state index in [0.717, 1.165) is 56.8 Å². The molecule has 0 heterocycles. The summed E-state index contributed by atoms with van der Waals surface area (Å²) in [4.78, 5) is 24.3. The fraction of sp³-hybridized carbons (Fsp3) is 0.933. The van der Waals surface area contributed by atoms with Crippen LogP contribution in [0.4, 0.5) is 0 Å². The van der Waals surface area contributed by atoms with Gasteiger partial charge in [-0.2, -0.15) is 8.42 Å². The SMILES string of the molecule is CC(C)CCCCCCCCCCC(C(=O)O)C(CCCCCCCCCCC(C)C)(C(=O)O)S(=O)(=O)O. The van der Waals surface area contributed by atoms with E-state index in [0.29, 0.717) is 19.3 Å². The van der Waals surface area contributed by atoms with E-state index >= 15 is 0 Å². The molecule has 0 saturated heterocycles. The first-order valence-electron chi connectivity index (χ1n) is 15.3. The van der Waals surface area contributed by atoms with Gasteiger partial charge in [0.1, 0.15) is 0 Å². The third kappa shape index (κ3) is 15.4. The summed E-state index contributed by atoms with van der Waals surface area (Å²) in [5.41, 5.74) is 0. The maximum absolute atomic E-state index is 12.4. The van der Waals surface area contributed by atoms with Crippen LogP contribution in [0.2, 0.25) is 0 Å². The molecule has 0 aromatic rings. The van der Waals surface area contributed by atoms with Gasteiger partial charge in [0.25, 0.3) is 10.1 Å². The monoisotopic (exact) mass is 562 g/mol. The molecule has 2 unspecified atom stereocenters. The molecule has 7 nitrogen and oxygen atoms in total. The van der Waals surface area contributed by atoms with Crippen molar-refractivity contribution in [2.75, 3.05) is 0 Å².